The Bertz CT molecular complexity index is 373. The Morgan fingerprint density at radius 1 is 1.31 bits per heavy atom. The molecule has 0 spiro atoms. The highest BCUT2D eigenvalue weighted by molar-refractivity contribution is 7.80. The Hall–Kier alpha value is -1.34. The third-order valence-electron chi connectivity index (χ3n) is 1.78. The van der Waals surface area contributed by atoms with E-state index in [1.165, 1.54) is 19.2 Å². The van der Waals surface area contributed by atoms with Crippen LogP contribution in [0.5, 0.6) is 0 Å². The third-order valence-corrected chi connectivity index (χ3v) is 2.17. The lowest BCUT2D eigenvalue weighted by molar-refractivity contribution is -0.137. The molecule has 1 rings (SSSR count). The average molecular weight is 249 g/mol. The van der Waals surface area contributed by atoms with Gasteiger partial charge in [-0.1, -0.05) is 0 Å². The first-order valence-electron chi connectivity index (χ1n) is 4.27. The minimum atomic E-state index is -4.33. The van der Waals surface area contributed by atoms with E-state index in [0.29, 0.717) is 5.69 Å². The fourth-order valence-electron chi connectivity index (χ4n) is 0.954. The molecule has 0 saturated heterocycles. The summed E-state index contributed by atoms with van der Waals surface area (Å²) in [6, 6.07) is 4.53. The summed E-state index contributed by atoms with van der Waals surface area (Å²) in [4.78, 5) is 0. The van der Waals surface area contributed by atoms with E-state index in [-0.39, 0.29) is 5.11 Å². The van der Waals surface area contributed by atoms with E-state index in [1.54, 1.807) is 0 Å². The van der Waals surface area contributed by atoms with E-state index in [2.05, 4.69) is 5.32 Å². The van der Waals surface area contributed by atoms with Crippen LogP contribution in [0.25, 0.3) is 0 Å². The molecule has 1 aromatic carbocycles. The molecule has 0 aliphatic heterocycles. The first kappa shape index (κ1) is 12.7. The molecule has 7 heteroatoms. The SMILES string of the molecule is CN(N)C(=S)Nc1ccc(C(F)(F)F)cc1. The lowest BCUT2D eigenvalue weighted by Gasteiger charge is -2.15. The van der Waals surface area contributed by atoms with Crippen LogP contribution in [-0.2, 0) is 6.18 Å². The number of alkyl halides is 3. The molecule has 0 bridgehead atoms. The lowest BCUT2D eigenvalue weighted by atomic mass is 10.2. The standard InChI is InChI=1S/C9H10F3N3S/c1-15(13)8(16)14-7-4-2-6(3-5-7)9(10,11)12/h2-5H,13H2,1H3,(H,14,16). The van der Waals surface area contributed by atoms with Crippen molar-refractivity contribution in [2.75, 3.05) is 12.4 Å². The summed E-state index contributed by atoms with van der Waals surface area (Å²) in [6.45, 7) is 0. The number of nitrogens with zero attached hydrogens (tertiary/aromatic N) is 1. The fraction of sp³-hybridized carbons (Fsp3) is 0.222. The van der Waals surface area contributed by atoms with E-state index in [9.17, 15) is 13.2 Å². The maximum atomic E-state index is 12.2. The minimum absolute atomic E-state index is 0.222. The number of halogens is 3. The monoisotopic (exact) mass is 249 g/mol. The molecule has 0 aliphatic carbocycles. The van der Waals surface area contributed by atoms with E-state index < -0.39 is 11.7 Å². The van der Waals surface area contributed by atoms with E-state index in [4.69, 9.17) is 18.1 Å². The van der Waals surface area contributed by atoms with Crippen molar-refractivity contribution in [2.45, 2.75) is 6.18 Å². The molecule has 0 aromatic heterocycles. The van der Waals surface area contributed by atoms with Crippen LogP contribution in [0.15, 0.2) is 24.3 Å². The Morgan fingerprint density at radius 3 is 2.19 bits per heavy atom. The molecule has 16 heavy (non-hydrogen) atoms. The number of nitrogens with two attached hydrogens (primary N) is 1. The highest BCUT2D eigenvalue weighted by Gasteiger charge is 2.29. The van der Waals surface area contributed by atoms with Crippen LogP contribution in [0, 0.1) is 0 Å². The van der Waals surface area contributed by atoms with Gasteiger partial charge in [-0.05, 0) is 36.5 Å². The lowest BCUT2D eigenvalue weighted by Crippen LogP contribution is -2.36. The maximum absolute atomic E-state index is 12.2. The van der Waals surface area contributed by atoms with Crippen molar-refractivity contribution in [1.82, 2.24) is 5.01 Å². The molecule has 3 nitrogen and oxygen atoms in total. The van der Waals surface area contributed by atoms with E-state index in [0.717, 1.165) is 17.1 Å². The molecule has 0 fully saturated rings. The summed E-state index contributed by atoms with van der Waals surface area (Å²) in [5.74, 6) is 5.33. The van der Waals surface area contributed by atoms with Crippen molar-refractivity contribution in [2.24, 2.45) is 5.84 Å². The molecule has 1 aromatic rings. The number of anilines is 1. The smallest absolute Gasteiger partial charge is 0.332 e. The number of benzene rings is 1. The van der Waals surface area contributed by atoms with Gasteiger partial charge in [-0.25, -0.2) is 5.84 Å². The van der Waals surface area contributed by atoms with Crippen LogP contribution in [0.4, 0.5) is 18.9 Å². The first-order valence-corrected chi connectivity index (χ1v) is 4.68. The molecule has 0 saturated carbocycles. The van der Waals surface area contributed by atoms with Gasteiger partial charge in [-0.15, -0.1) is 0 Å². The normalized spacial score (nSPS) is 11.1. The Kier molecular flexibility index (Phi) is 3.71. The zero-order valence-corrected chi connectivity index (χ0v) is 9.19. The predicted octanol–water partition coefficient (Wildman–Crippen LogP) is 2.21. The van der Waals surface area contributed by atoms with Crippen LogP contribution in [0.1, 0.15) is 5.56 Å². The largest absolute Gasteiger partial charge is 0.416 e. The molecule has 0 unspecified atom stereocenters. The quantitative estimate of drug-likeness (QED) is 0.455. The van der Waals surface area contributed by atoms with Crippen LogP contribution in [0.2, 0.25) is 0 Å². The van der Waals surface area contributed by atoms with Crippen molar-refractivity contribution in [1.29, 1.82) is 0 Å². The molecule has 0 atom stereocenters. The Morgan fingerprint density at radius 2 is 1.81 bits per heavy atom. The predicted molar refractivity (Wildman–Crippen MR) is 59.6 cm³/mol. The maximum Gasteiger partial charge on any atom is 0.416 e. The second kappa shape index (κ2) is 4.67. The van der Waals surface area contributed by atoms with Gasteiger partial charge in [0.25, 0.3) is 0 Å². The summed E-state index contributed by atoms with van der Waals surface area (Å²) in [7, 11) is 1.53. The van der Waals surface area contributed by atoms with Gasteiger partial charge in [-0.3, -0.25) is 5.01 Å². The molecule has 0 heterocycles. The van der Waals surface area contributed by atoms with Gasteiger partial charge in [0.1, 0.15) is 0 Å². The van der Waals surface area contributed by atoms with E-state index >= 15 is 0 Å². The van der Waals surface area contributed by atoms with Crippen LogP contribution in [-0.4, -0.2) is 17.2 Å². The van der Waals surface area contributed by atoms with E-state index in [1.807, 2.05) is 0 Å². The topological polar surface area (TPSA) is 41.3 Å². The summed E-state index contributed by atoms with van der Waals surface area (Å²) in [5, 5.41) is 4.07. The van der Waals surface area contributed by atoms with Crippen LogP contribution < -0.4 is 11.2 Å². The average Bonchev–Trinajstić information content (AvgIpc) is 2.17. The fourth-order valence-corrected chi connectivity index (χ4v) is 1.07. The van der Waals surface area contributed by atoms with Gasteiger partial charge in [0.2, 0.25) is 0 Å². The molecule has 0 amide bonds. The van der Waals surface area contributed by atoms with Crippen molar-refractivity contribution < 1.29 is 13.2 Å². The number of nitrogens with one attached hydrogen (secondary N) is 1. The highest BCUT2D eigenvalue weighted by atomic mass is 32.1. The van der Waals surface area contributed by atoms with Gasteiger partial charge in [0.05, 0.1) is 5.56 Å². The van der Waals surface area contributed by atoms with Gasteiger partial charge in [-0.2, -0.15) is 13.2 Å². The molecule has 3 N–H and O–H groups in total. The second-order valence-corrected chi connectivity index (χ2v) is 3.50. The Labute approximate surface area is 96.0 Å². The molecular formula is C9H10F3N3S. The molecular weight excluding hydrogens is 239 g/mol. The summed E-state index contributed by atoms with van der Waals surface area (Å²) in [6.07, 6.45) is -4.33. The van der Waals surface area contributed by atoms with Crippen molar-refractivity contribution in [3.05, 3.63) is 29.8 Å². The van der Waals surface area contributed by atoms with Crippen molar-refractivity contribution in [3.8, 4) is 0 Å². The second-order valence-electron chi connectivity index (χ2n) is 3.12. The number of thiocarbonyl (C=S) groups is 1. The summed E-state index contributed by atoms with van der Waals surface area (Å²) >= 11 is 4.83. The number of rotatable bonds is 1. The van der Waals surface area contributed by atoms with Crippen LogP contribution >= 0.6 is 12.2 Å². The zero-order valence-electron chi connectivity index (χ0n) is 8.38. The van der Waals surface area contributed by atoms with Crippen molar-refractivity contribution >= 4 is 23.0 Å². The molecule has 0 radical (unpaired) electrons. The third kappa shape index (κ3) is 3.35. The highest BCUT2D eigenvalue weighted by Crippen LogP contribution is 2.29. The van der Waals surface area contributed by atoms with Crippen molar-refractivity contribution in [3.63, 3.8) is 0 Å². The number of hydrazine groups is 1. The first-order chi connectivity index (χ1) is 7.30. The van der Waals surface area contributed by atoms with Gasteiger partial charge >= 0.3 is 6.18 Å². The van der Waals surface area contributed by atoms with Crippen LogP contribution in [0.3, 0.4) is 0 Å². The zero-order chi connectivity index (χ0) is 12.3. The molecule has 0 aliphatic rings. The molecule has 88 valence electrons. The van der Waals surface area contributed by atoms with Gasteiger partial charge in [0, 0.05) is 12.7 Å². The van der Waals surface area contributed by atoms with Gasteiger partial charge < -0.3 is 5.32 Å². The summed E-state index contributed by atoms with van der Waals surface area (Å²) < 4.78 is 36.7. The minimum Gasteiger partial charge on any atom is -0.332 e. The summed E-state index contributed by atoms with van der Waals surface area (Å²) in [5.41, 5.74) is -0.250. The Balaban J connectivity index is 2.76. The van der Waals surface area contributed by atoms with Gasteiger partial charge in [0.15, 0.2) is 5.11 Å². The number of hydrogen-bond acceptors (Lipinski definition) is 2. The number of hydrogen-bond donors (Lipinski definition) is 2.